The second-order valence-corrected chi connectivity index (χ2v) is 3.80. The minimum Gasteiger partial charge on any atom is -0.236 e. The van der Waals surface area contributed by atoms with Gasteiger partial charge in [0.25, 0.3) is 0 Å². The SMILES string of the molecule is CCCC(CC)SCC[O]. The van der Waals surface area contributed by atoms with Crippen molar-refractivity contribution in [1.29, 1.82) is 0 Å². The molecule has 0 aliphatic carbocycles. The van der Waals surface area contributed by atoms with E-state index >= 15 is 0 Å². The Morgan fingerprint density at radius 1 is 1.40 bits per heavy atom. The van der Waals surface area contributed by atoms with E-state index in [-0.39, 0.29) is 6.61 Å². The quantitative estimate of drug-likeness (QED) is 0.586. The molecule has 1 radical (unpaired) electrons. The van der Waals surface area contributed by atoms with Crippen LogP contribution in [0.4, 0.5) is 0 Å². The van der Waals surface area contributed by atoms with Crippen LogP contribution < -0.4 is 0 Å². The van der Waals surface area contributed by atoms with Crippen LogP contribution in [0.5, 0.6) is 0 Å². The Kier molecular flexibility index (Phi) is 7.65. The van der Waals surface area contributed by atoms with E-state index in [1.165, 1.54) is 19.3 Å². The van der Waals surface area contributed by atoms with Crippen molar-refractivity contribution in [3.8, 4) is 0 Å². The lowest BCUT2D eigenvalue weighted by Crippen LogP contribution is -2.02. The zero-order chi connectivity index (χ0) is 7.82. The summed E-state index contributed by atoms with van der Waals surface area (Å²) in [6.07, 6.45) is 3.71. The second kappa shape index (κ2) is 7.42. The van der Waals surface area contributed by atoms with Crippen molar-refractivity contribution >= 4 is 11.8 Å². The van der Waals surface area contributed by atoms with Crippen molar-refractivity contribution in [2.45, 2.75) is 38.4 Å². The highest BCUT2D eigenvalue weighted by Crippen LogP contribution is 2.18. The molecule has 1 unspecified atom stereocenters. The molecular weight excluding hydrogens is 144 g/mol. The van der Waals surface area contributed by atoms with Gasteiger partial charge in [-0.15, -0.1) is 0 Å². The van der Waals surface area contributed by atoms with Crippen molar-refractivity contribution < 1.29 is 5.11 Å². The largest absolute Gasteiger partial charge is 0.236 e. The van der Waals surface area contributed by atoms with Crippen molar-refractivity contribution in [2.75, 3.05) is 12.4 Å². The normalized spacial score (nSPS) is 13.5. The zero-order valence-corrected chi connectivity index (χ0v) is 7.75. The Balaban J connectivity index is 3.21. The summed E-state index contributed by atoms with van der Waals surface area (Å²) in [4.78, 5) is 0. The van der Waals surface area contributed by atoms with Crippen molar-refractivity contribution in [2.24, 2.45) is 0 Å². The molecule has 0 N–H and O–H groups in total. The van der Waals surface area contributed by atoms with Crippen LogP contribution in [-0.4, -0.2) is 17.6 Å². The summed E-state index contributed by atoms with van der Waals surface area (Å²) in [5.41, 5.74) is 0. The predicted octanol–water partition coefficient (Wildman–Crippen LogP) is 2.73. The standard InChI is InChI=1S/C8H17OS/c1-3-5-8(4-2)10-7-6-9/h8H,3-7H2,1-2H3. The summed E-state index contributed by atoms with van der Waals surface area (Å²) in [6.45, 7) is 4.46. The summed E-state index contributed by atoms with van der Waals surface area (Å²) in [5.74, 6) is 0.790. The fourth-order valence-corrected chi connectivity index (χ4v) is 2.01. The first-order valence-electron chi connectivity index (χ1n) is 4.04. The lowest BCUT2D eigenvalue weighted by Gasteiger charge is -2.11. The number of hydrogen-bond acceptors (Lipinski definition) is 1. The predicted molar refractivity (Wildman–Crippen MR) is 47.0 cm³/mol. The van der Waals surface area contributed by atoms with E-state index < -0.39 is 0 Å². The van der Waals surface area contributed by atoms with Gasteiger partial charge in [-0.1, -0.05) is 20.3 Å². The molecule has 0 spiro atoms. The average Bonchev–Trinajstić information content (AvgIpc) is 1.98. The zero-order valence-electron chi connectivity index (χ0n) is 6.93. The lowest BCUT2D eigenvalue weighted by atomic mass is 10.2. The maximum absolute atomic E-state index is 10.1. The minimum absolute atomic E-state index is 0.0743. The Morgan fingerprint density at radius 3 is 2.50 bits per heavy atom. The molecule has 0 aliphatic heterocycles. The molecule has 0 rings (SSSR count). The molecule has 1 atom stereocenters. The summed E-state index contributed by atoms with van der Waals surface area (Å²) in [7, 11) is 0. The summed E-state index contributed by atoms with van der Waals surface area (Å²) < 4.78 is 0. The maximum Gasteiger partial charge on any atom is 0.0912 e. The van der Waals surface area contributed by atoms with Crippen molar-refractivity contribution in [3.63, 3.8) is 0 Å². The van der Waals surface area contributed by atoms with E-state index in [2.05, 4.69) is 13.8 Å². The molecule has 0 saturated carbocycles. The van der Waals surface area contributed by atoms with Crippen LogP contribution in [0.15, 0.2) is 0 Å². The first-order chi connectivity index (χ1) is 4.85. The first-order valence-corrected chi connectivity index (χ1v) is 5.09. The Bertz CT molecular complexity index is 66.3. The minimum atomic E-state index is 0.0743. The topological polar surface area (TPSA) is 19.9 Å². The molecule has 1 nitrogen and oxygen atoms in total. The first kappa shape index (κ1) is 10.3. The van der Waals surface area contributed by atoms with Gasteiger partial charge < -0.3 is 0 Å². The van der Waals surface area contributed by atoms with E-state index in [0.717, 1.165) is 11.0 Å². The highest BCUT2D eigenvalue weighted by Gasteiger charge is 2.03. The van der Waals surface area contributed by atoms with Crippen molar-refractivity contribution in [1.82, 2.24) is 0 Å². The van der Waals surface area contributed by atoms with E-state index in [0.29, 0.717) is 0 Å². The molecule has 0 aromatic rings. The fraction of sp³-hybridized carbons (Fsp3) is 1.00. The lowest BCUT2D eigenvalue weighted by molar-refractivity contribution is 0.215. The third-order valence-corrected chi connectivity index (χ3v) is 2.95. The number of rotatable bonds is 6. The van der Waals surface area contributed by atoms with E-state index in [4.69, 9.17) is 0 Å². The van der Waals surface area contributed by atoms with Crippen molar-refractivity contribution in [3.05, 3.63) is 0 Å². The molecule has 2 heteroatoms. The van der Waals surface area contributed by atoms with Gasteiger partial charge >= 0.3 is 0 Å². The van der Waals surface area contributed by atoms with Gasteiger partial charge in [0.2, 0.25) is 0 Å². The van der Waals surface area contributed by atoms with Gasteiger partial charge in [-0.3, -0.25) is 0 Å². The van der Waals surface area contributed by atoms with Crippen LogP contribution in [0.3, 0.4) is 0 Å². The molecule has 0 aliphatic rings. The molecule has 0 aromatic carbocycles. The van der Waals surface area contributed by atoms with Gasteiger partial charge in [0.1, 0.15) is 0 Å². The van der Waals surface area contributed by atoms with Crippen LogP contribution in [-0.2, 0) is 5.11 Å². The Morgan fingerprint density at radius 2 is 2.10 bits per heavy atom. The molecule has 10 heavy (non-hydrogen) atoms. The van der Waals surface area contributed by atoms with Gasteiger partial charge in [-0.05, 0) is 12.8 Å². The molecule has 61 valence electrons. The van der Waals surface area contributed by atoms with Crippen LogP contribution in [0.25, 0.3) is 0 Å². The van der Waals surface area contributed by atoms with E-state index in [1.807, 2.05) is 11.8 Å². The highest BCUT2D eigenvalue weighted by molar-refractivity contribution is 7.99. The van der Waals surface area contributed by atoms with Gasteiger partial charge in [0.05, 0.1) is 6.61 Å². The Hall–Kier alpha value is 0.310. The van der Waals surface area contributed by atoms with Gasteiger partial charge in [0, 0.05) is 11.0 Å². The summed E-state index contributed by atoms with van der Waals surface area (Å²) in [5, 5.41) is 10.9. The van der Waals surface area contributed by atoms with Crippen LogP contribution >= 0.6 is 11.8 Å². The maximum atomic E-state index is 10.1. The number of thioether (sulfide) groups is 1. The smallest absolute Gasteiger partial charge is 0.0912 e. The molecule has 0 heterocycles. The molecule has 0 fully saturated rings. The average molecular weight is 161 g/mol. The third kappa shape index (κ3) is 5.12. The Labute approximate surface area is 68.2 Å². The molecule has 0 saturated heterocycles. The van der Waals surface area contributed by atoms with Gasteiger partial charge in [-0.2, -0.15) is 11.8 Å². The molecule has 0 aromatic heterocycles. The second-order valence-electron chi connectivity index (χ2n) is 2.39. The van der Waals surface area contributed by atoms with Crippen LogP contribution in [0, 0.1) is 0 Å². The van der Waals surface area contributed by atoms with Gasteiger partial charge in [0.15, 0.2) is 0 Å². The van der Waals surface area contributed by atoms with Crippen LogP contribution in [0.2, 0.25) is 0 Å². The highest BCUT2D eigenvalue weighted by atomic mass is 32.2. The fourth-order valence-electron chi connectivity index (χ4n) is 0.942. The van der Waals surface area contributed by atoms with Gasteiger partial charge in [-0.25, -0.2) is 5.11 Å². The molecule has 0 amide bonds. The third-order valence-electron chi connectivity index (χ3n) is 1.50. The molecule has 0 bridgehead atoms. The van der Waals surface area contributed by atoms with E-state index in [1.54, 1.807) is 0 Å². The number of hydrogen-bond donors (Lipinski definition) is 0. The summed E-state index contributed by atoms with van der Waals surface area (Å²) >= 11 is 1.83. The molecular formula is C8H17OS. The van der Waals surface area contributed by atoms with E-state index in [9.17, 15) is 5.11 Å². The monoisotopic (exact) mass is 161 g/mol. The summed E-state index contributed by atoms with van der Waals surface area (Å²) in [6, 6.07) is 0. The van der Waals surface area contributed by atoms with Crippen LogP contribution in [0.1, 0.15) is 33.1 Å².